The molecule has 140 valence electrons. The first-order valence-electron chi connectivity index (χ1n) is 8.51. The van der Waals surface area contributed by atoms with E-state index in [2.05, 4.69) is 4.98 Å². The number of benzene rings is 1. The molecule has 7 heteroatoms. The molecule has 1 aromatic carbocycles. The van der Waals surface area contributed by atoms with Crippen LogP contribution in [0.4, 0.5) is 0 Å². The second kappa shape index (κ2) is 7.58. The summed E-state index contributed by atoms with van der Waals surface area (Å²) in [5, 5.41) is 2.30. The van der Waals surface area contributed by atoms with Gasteiger partial charge in [-0.25, -0.2) is 9.78 Å². The van der Waals surface area contributed by atoms with Crippen molar-refractivity contribution in [1.82, 2.24) is 9.38 Å². The van der Waals surface area contributed by atoms with Gasteiger partial charge in [0.15, 0.2) is 0 Å². The van der Waals surface area contributed by atoms with E-state index < -0.39 is 5.97 Å². The fourth-order valence-electron chi connectivity index (χ4n) is 2.83. The van der Waals surface area contributed by atoms with Crippen LogP contribution in [-0.2, 0) is 11.3 Å². The molecule has 0 bridgehead atoms. The summed E-state index contributed by atoms with van der Waals surface area (Å²) >= 11 is 7.23. The van der Waals surface area contributed by atoms with Crippen molar-refractivity contribution in [1.29, 1.82) is 0 Å². The molecule has 0 fully saturated rings. The zero-order chi connectivity index (χ0) is 19.7. The maximum Gasteiger partial charge on any atom is 0.349 e. The predicted octanol–water partition coefficient (Wildman–Crippen LogP) is 4.74. The highest BCUT2D eigenvalue weighted by molar-refractivity contribution is 7.12. The zero-order valence-electron chi connectivity index (χ0n) is 14.9. The monoisotopic (exact) mass is 410 g/mol. The SMILES string of the molecule is Cc1ccc(-c2ccsc2C(=O)OCc2cc(=O)n3cc(Cl)ccc3n2)cc1. The highest BCUT2D eigenvalue weighted by Crippen LogP contribution is 2.29. The molecule has 0 spiro atoms. The Hall–Kier alpha value is -2.96. The number of aryl methyl sites for hydroxylation is 1. The van der Waals surface area contributed by atoms with Crippen molar-refractivity contribution < 1.29 is 9.53 Å². The summed E-state index contributed by atoms with van der Waals surface area (Å²) in [4.78, 5) is 29.7. The average Bonchev–Trinajstić information content (AvgIpc) is 3.17. The lowest BCUT2D eigenvalue weighted by molar-refractivity contribution is 0.0474. The van der Waals surface area contributed by atoms with Gasteiger partial charge < -0.3 is 4.74 Å². The first-order valence-corrected chi connectivity index (χ1v) is 9.76. The van der Waals surface area contributed by atoms with E-state index in [4.69, 9.17) is 16.3 Å². The van der Waals surface area contributed by atoms with E-state index in [1.807, 2.05) is 42.6 Å². The van der Waals surface area contributed by atoms with E-state index in [1.54, 1.807) is 12.1 Å². The van der Waals surface area contributed by atoms with Crippen molar-refractivity contribution in [3.8, 4) is 11.1 Å². The van der Waals surface area contributed by atoms with Crippen LogP contribution in [0.3, 0.4) is 0 Å². The Kier molecular flexibility index (Phi) is 4.98. The minimum atomic E-state index is -0.441. The van der Waals surface area contributed by atoms with E-state index in [1.165, 1.54) is 28.0 Å². The number of thiophene rings is 1. The van der Waals surface area contributed by atoms with Gasteiger partial charge in [0, 0.05) is 17.8 Å². The highest BCUT2D eigenvalue weighted by atomic mass is 35.5. The lowest BCUT2D eigenvalue weighted by Crippen LogP contribution is -2.16. The second-order valence-corrected chi connectivity index (χ2v) is 7.62. The van der Waals surface area contributed by atoms with Gasteiger partial charge in [-0.2, -0.15) is 0 Å². The smallest absolute Gasteiger partial charge is 0.349 e. The van der Waals surface area contributed by atoms with Crippen molar-refractivity contribution in [2.24, 2.45) is 0 Å². The molecule has 0 saturated carbocycles. The van der Waals surface area contributed by atoms with Gasteiger partial charge in [0.2, 0.25) is 0 Å². The number of carbonyl (C=O) groups excluding carboxylic acids is 1. The van der Waals surface area contributed by atoms with Gasteiger partial charge in [0.25, 0.3) is 5.56 Å². The summed E-state index contributed by atoms with van der Waals surface area (Å²) in [6.07, 6.45) is 1.50. The third-order valence-electron chi connectivity index (χ3n) is 4.24. The van der Waals surface area contributed by atoms with E-state index in [9.17, 15) is 9.59 Å². The molecule has 0 aliphatic rings. The molecule has 28 heavy (non-hydrogen) atoms. The van der Waals surface area contributed by atoms with Crippen LogP contribution < -0.4 is 5.56 Å². The molecule has 0 N–H and O–H groups in total. The van der Waals surface area contributed by atoms with Crippen LogP contribution in [0.2, 0.25) is 5.02 Å². The van der Waals surface area contributed by atoms with E-state index >= 15 is 0 Å². The minimum Gasteiger partial charge on any atom is -0.455 e. The zero-order valence-corrected chi connectivity index (χ0v) is 16.5. The van der Waals surface area contributed by atoms with Crippen LogP contribution in [0.25, 0.3) is 16.8 Å². The Morgan fingerprint density at radius 1 is 1.18 bits per heavy atom. The molecule has 0 atom stereocenters. The van der Waals surface area contributed by atoms with E-state index in [0.29, 0.717) is 21.2 Å². The Bertz CT molecular complexity index is 1230. The molecule has 0 amide bonds. The first kappa shape index (κ1) is 18.4. The number of esters is 1. The van der Waals surface area contributed by atoms with Crippen molar-refractivity contribution in [2.45, 2.75) is 13.5 Å². The van der Waals surface area contributed by atoms with Gasteiger partial charge >= 0.3 is 5.97 Å². The third kappa shape index (κ3) is 3.69. The number of carbonyl (C=O) groups is 1. The van der Waals surface area contributed by atoms with Crippen LogP contribution in [0.15, 0.2) is 64.9 Å². The Morgan fingerprint density at radius 2 is 1.96 bits per heavy atom. The van der Waals surface area contributed by atoms with Gasteiger partial charge in [-0.3, -0.25) is 9.20 Å². The third-order valence-corrected chi connectivity index (χ3v) is 5.36. The molecule has 0 unspecified atom stereocenters. The van der Waals surface area contributed by atoms with Crippen LogP contribution in [0.1, 0.15) is 20.9 Å². The van der Waals surface area contributed by atoms with Gasteiger partial charge in [-0.1, -0.05) is 41.4 Å². The molecule has 0 aliphatic heterocycles. The van der Waals surface area contributed by atoms with E-state index in [-0.39, 0.29) is 12.2 Å². The Labute approximate surface area is 169 Å². The minimum absolute atomic E-state index is 0.0849. The first-order chi connectivity index (χ1) is 13.5. The summed E-state index contributed by atoms with van der Waals surface area (Å²) in [5.41, 5.74) is 3.48. The molecular weight excluding hydrogens is 396 g/mol. The van der Waals surface area contributed by atoms with Gasteiger partial charge in [-0.15, -0.1) is 11.3 Å². The molecule has 0 aliphatic carbocycles. The molecule has 3 aromatic heterocycles. The lowest BCUT2D eigenvalue weighted by atomic mass is 10.1. The number of ether oxygens (including phenoxy) is 1. The number of hydrogen-bond donors (Lipinski definition) is 0. The fraction of sp³-hybridized carbons (Fsp3) is 0.0952. The number of fused-ring (bicyclic) bond motifs is 1. The maximum atomic E-state index is 12.6. The lowest BCUT2D eigenvalue weighted by Gasteiger charge is -2.07. The van der Waals surface area contributed by atoms with Gasteiger partial charge in [0.05, 0.1) is 10.7 Å². The van der Waals surface area contributed by atoms with Crippen LogP contribution in [0.5, 0.6) is 0 Å². The largest absolute Gasteiger partial charge is 0.455 e. The Balaban J connectivity index is 1.55. The van der Waals surface area contributed by atoms with E-state index in [0.717, 1.165) is 16.7 Å². The molecule has 4 aromatic rings. The second-order valence-electron chi connectivity index (χ2n) is 6.27. The Morgan fingerprint density at radius 3 is 2.75 bits per heavy atom. The molecule has 0 saturated heterocycles. The molecule has 0 radical (unpaired) electrons. The summed E-state index contributed by atoms with van der Waals surface area (Å²) in [6, 6.07) is 14.5. The fourth-order valence-corrected chi connectivity index (χ4v) is 3.80. The topological polar surface area (TPSA) is 60.7 Å². The van der Waals surface area contributed by atoms with Crippen LogP contribution in [-0.4, -0.2) is 15.4 Å². The van der Waals surface area contributed by atoms with Crippen molar-refractivity contribution >= 4 is 34.6 Å². The van der Waals surface area contributed by atoms with Crippen LogP contribution >= 0.6 is 22.9 Å². The number of pyridine rings is 1. The number of aromatic nitrogens is 2. The summed E-state index contributed by atoms with van der Waals surface area (Å²) < 4.78 is 6.77. The summed E-state index contributed by atoms with van der Waals surface area (Å²) in [6.45, 7) is 1.93. The summed E-state index contributed by atoms with van der Waals surface area (Å²) in [5.74, 6) is -0.441. The molecule has 5 nitrogen and oxygen atoms in total. The number of hydrogen-bond acceptors (Lipinski definition) is 5. The molecule has 3 heterocycles. The van der Waals surface area contributed by atoms with Gasteiger partial charge in [0.1, 0.15) is 17.1 Å². The standard InChI is InChI=1S/C21H15ClN2O3S/c1-13-2-4-14(5-3-13)17-8-9-28-20(17)21(26)27-12-16-10-19(25)24-11-15(22)6-7-18(24)23-16/h2-11H,12H2,1H3. The number of nitrogens with zero attached hydrogens (tertiary/aromatic N) is 2. The van der Waals surface area contributed by atoms with Crippen molar-refractivity contribution in [2.75, 3.05) is 0 Å². The normalized spacial score (nSPS) is 10.9. The number of halogens is 1. The van der Waals surface area contributed by atoms with Gasteiger partial charge in [-0.05, 0) is 36.1 Å². The van der Waals surface area contributed by atoms with Crippen LogP contribution in [0, 0.1) is 6.92 Å². The maximum absolute atomic E-state index is 12.6. The molecular formula is C21H15ClN2O3S. The quantitative estimate of drug-likeness (QED) is 0.456. The highest BCUT2D eigenvalue weighted by Gasteiger charge is 2.16. The van der Waals surface area contributed by atoms with Crippen molar-refractivity contribution in [3.05, 3.63) is 91.6 Å². The molecule has 4 rings (SSSR count). The average molecular weight is 411 g/mol. The predicted molar refractivity (Wildman–Crippen MR) is 110 cm³/mol. The van der Waals surface area contributed by atoms with Crippen molar-refractivity contribution in [3.63, 3.8) is 0 Å². The summed E-state index contributed by atoms with van der Waals surface area (Å²) in [7, 11) is 0. The number of rotatable bonds is 4.